The Morgan fingerprint density at radius 1 is 1.21 bits per heavy atom. The fourth-order valence-electron chi connectivity index (χ4n) is 3.32. The third-order valence-corrected chi connectivity index (χ3v) is 4.33. The summed E-state index contributed by atoms with van der Waals surface area (Å²) in [5.74, 6) is 1.34. The van der Waals surface area contributed by atoms with Gasteiger partial charge < -0.3 is 14.4 Å². The predicted octanol–water partition coefficient (Wildman–Crippen LogP) is 2.48. The van der Waals surface area contributed by atoms with Gasteiger partial charge in [0.2, 0.25) is 11.8 Å². The smallest absolute Gasteiger partial charge is 0.216 e. The molecule has 2 saturated heterocycles. The maximum atomic E-state index is 6.05. The topological polar surface area (TPSA) is 34.6 Å². The molecule has 3 rings (SSSR count). The van der Waals surface area contributed by atoms with E-state index in [1.165, 1.54) is 12.8 Å². The normalized spacial score (nSPS) is 30.3. The molecular formula is C15H22N2O2. The Hall–Kier alpha value is -1.29. The number of pyridine rings is 1. The van der Waals surface area contributed by atoms with E-state index in [2.05, 4.69) is 16.9 Å². The molecule has 104 valence electrons. The zero-order valence-electron chi connectivity index (χ0n) is 11.7. The molecule has 2 fully saturated rings. The average Bonchev–Trinajstić information content (AvgIpc) is 2.63. The van der Waals surface area contributed by atoms with Gasteiger partial charge >= 0.3 is 0 Å². The van der Waals surface area contributed by atoms with Crippen molar-refractivity contribution in [2.45, 2.75) is 50.8 Å². The fraction of sp³-hybridized carbons (Fsp3) is 0.667. The first-order valence-corrected chi connectivity index (χ1v) is 7.24. The second-order valence-corrected chi connectivity index (χ2v) is 5.51. The third-order valence-electron chi connectivity index (χ3n) is 4.33. The van der Waals surface area contributed by atoms with E-state index >= 15 is 0 Å². The zero-order chi connectivity index (χ0) is 13.2. The quantitative estimate of drug-likeness (QED) is 0.835. The van der Waals surface area contributed by atoms with Crippen molar-refractivity contribution in [3.63, 3.8) is 0 Å². The molecule has 19 heavy (non-hydrogen) atoms. The van der Waals surface area contributed by atoms with Gasteiger partial charge in [-0.15, -0.1) is 0 Å². The minimum atomic E-state index is 0.304. The van der Waals surface area contributed by atoms with E-state index in [1.54, 1.807) is 0 Å². The highest BCUT2D eigenvalue weighted by Crippen LogP contribution is 2.35. The minimum Gasteiger partial charge on any atom is -0.478 e. The molecule has 4 heteroatoms. The van der Waals surface area contributed by atoms with E-state index in [1.807, 2.05) is 25.1 Å². The SMILES string of the molecule is CCOc1cccc(OC2CC3CCC(C2)N3C)n1. The molecule has 2 aliphatic heterocycles. The lowest BCUT2D eigenvalue weighted by Crippen LogP contribution is -2.43. The van der Waals surface area contributed by atoms with Gasteiger partial charge in [0.15, 0.2) is 0 Å². The van der Waals surface area contributed by atoms with Crippen molar-refractivity contribution in [3.8, 4) is 11.8 Å². The number of hydrogen-bond acceptors (Lipinski definition) is 4. The number of fused-ring (bicyclic) bond motifs is 2. The first-order valence-electron chi connectivity index (χ1n) is 7.24. The molecule has 0 radical (unpaired) electrons. The van der Waals surface area contributed by atoms with Crippen molar-refractivity contribution in [3.05, 3.63) is 18.2 Å². The summed E-state index contributed by atoms with van der Waals surface area (Å²) in [6.07, 6.45) is 5.17. The Kier molecular flexibility index (Phi) is 3.60. The lowest BCUT2D eigenvalue weighted by Gasteiger charge is -2.36. The van der Waals surface area contributed by atoms with Gasteiger partial charge in [-0.3, -0.25) is 0 Å². The molecule has 2 aliphatic rings. The van der Waals surface area contributed by atoms with Crippen molar-refractivity contribution < 1.29 is 9.47 Å². The van der Waals surface area contributed by atoms with Crippen molar-refractivity contribution in [1.29, 1.82) is 0 Å². The fourth-order valence-corrected chi connectivity index (χ4v) is 3.32. The van der Waals surface area contributed by atoms with Crippen LogP contribution in [0.15, 0.2) is 18.2 Å². The van der Waals surface area contributed by atoms with E-state index in [4.69, 9.17) is 9.47 Å². The molecule has 4 nitrogen and oxygen atoms in total. The van der Waals surface area contributed by atoms with Gasteiger partial charge in [-0.05, 0) is 39.7 Å². The van der Waals surface area contributed by atoms with Gasteiger partial charge in [-0.2, -0.15) is 4.98 Å². The maximum Gasteiger partial charge on any atom is 0.216 e. The lowest BCUT2D eigenvalue weighted by atomic mass is 10.0. The highest BCUT2D eigenvalue weighted by Gasteiger charge is 2.39. The van der Waals surface area contributed by atoms with Crippen LogP contribution in [0.25, 0.3) is 0 Å². The van der Waals surface area contributed by atoms with E-state index in [-0.39, 0.29) is 0 Å². The Balaban J connectivity index is 1.64. The Bertz CT molecular complexity index is 424. The van der Waals surface area contributed by atoms with Crippen molar-refractivity contribution in [1.82, 2.24) is 9.88 Å². The average molecular weight is 262 g/mol. The first-order chi connectivity index (χ1) is 9.26. The highest BCUT2D eigenvalue weighted by molar-refractivity contribution is 5.20. The zero-order valence-corrected chi connectivity index (χ0v) is 11.7. The molecule has 2 atom stereocenters. The molecule has 0 saturated carbocycles. The van der Waals surface area contributed by atoms with Crippen molar-refractivity contribution >= 4 is 0 Å². The van der Waals surface area contributed by atoms with Crippen molar-refractivity contribution in [2.24, 2.45) is 0 Å². The Morgan fingerprint density at radius 2 is 1.89 bits per heavy atom. The highest BCUT2D eigenvalue weighted by atomic mass is 16.5. The summed E-state index contributed by atoms with van der Waals surface area (Å²) in [6.45, 7) is 2.60. The molecule has 1 aromatic rings. The summed E-state index contributed by atoms with van der Waals surface area (Å²) in [5.41, 5.74) is 0. The van der Waals surface area contributed by atoms with Crippen LogP contribution in [-0.4, -0.2) is 41.7 Å². The molecule has 1 aromatic heterocycles. The molecule has 0 amide bonds. The number of nitrogens with zero attached hydrogens (tertiary/aromatic N) is 2. The van der Waals surface area contributed by atoms with Gasteiger partial charge in [-0.1, -0.05) is 6.07 Å². The second kappa shape index (κ2) is 5.37. The van der Waals surface area contributed by atoms with Gasteiger partial charge in [0.1, 0.15) is 6.10 Å². The number of aromatic nitrogens is 1. The monoisotopic (exact) mass is 262 g/mol. The molecule has 0 aromatic carbocycles. The Morgan fingerprint density at radius 3 is 2.58 bits per heavy atom. The maximum absolute atomic E-state index is 6.05. The Labute approximate surface area is 114 Å². The van der Waals surface area contributed by atoms with E-state index in [0.29, 0.717) is 36.6 Å². The van der Waals surface area contributed by atoms with Crippen LogP contribution in [0.4, 0.5) is 0 Å². The number of piperidine rings is 1. The number of ether oxygens (including phenoxy) is 2. The molecule has 2 bridgehead atoms. The minimum absolute atomic E-state index is 0.304. The molecule has 0 N–H and O–H groups in total. The van der Waals surface area contributed by atoms with Crippen LogP contribution in [0.5, 0.6) is 11.8 Å². The van der Waals surface area contributed by atoms with E-state index in [0.717, 1.165) is 12.8 Å². The third kappa shape index (κ3) is 2.68. The molecule has 0 spiro atoms. The van der Waals surface area contributed by atoms with Crippen LogP contribution in [0.2, 0.25) is 0 Å². The summed E-state index contributed by atoms with van der Waals surface area (Å²) >= 11 is 0. The van der Waals surface area contributed by atoms with Gasteiger partial charge in [-0.25, -0.2) is 0 Å². The van der Waals surface area contributed by atoms with Gasteiger partial charge in [0.05, 0.1) is 6.61 Å². The molecule has 0 aliphatic carbocycles. The largest absolute Gasteiger partial charge is 0.478 e. The lowest BCUT2D eigenvalue weighted by molar-refractivity contribution is 0.0628. The van der Waals surface area contributed by atoms with Crippen LogP contribution < -0.4 is 9.47 Å². The summed E-state index contributed by atoms with van der Waals surface area (Å²) in [5, 5.41) is 0. The molecule has 2 unspecified atom stereocenters. The van der Waals surface area contributed by atoms with Crippen LogP contribution in [0.1, 0.15) is 32.6 Å². The van der Waals surface area contributed by atoms with Crippen LogP contribution >= 0.6 is 0 Å². The molecule has 3 heterocycles. The van der Waals surface area contributed by atoms with Crippen LogP contribution in [0.3, 0.4) is 0 Å². The summed E-state index contributed by atoms with van der Waals surface area (Å²) in [4.78, 5) is 6.91. The number of hydrogen-bond donors (Lipinski definition) is 0. The summed E-state index contributed by atoms with van der Waals surface area (Å²) < 4.78 is 11.5. The van der Waals surface area contributed by atoms with E-state index < -0.39 is 0 Å². The van der Waals surface area contributed by atoms with Crippen LogP contribution in [0, 0.1) is 0 Å². The van der Waals surface area contributed by atoms with Crippen LogP contribution in [-0.2, 0) is 0 Å². The van der Waals surface area contributed by atoms with Crippen molar-refractivity contribution in [2.75, 3.05) is 13.7 Å². The predicted molar refractivity (Wildman–Crippen MR) is 73.6 cm³/mol. The number of rotatable bonds is 4. The van der Waals surface area contributed by atoms with Gasteiger partial charge in [0, 0.05) is 24.2 Å². The van der Waals surface area contributed by atoms with Gasteiger partial charge in [0.25, 0.3) is 0 Å². The standard InChI is InChI=1S/C15H22N2O2/c1-3-18-14-5-4-6-15(16-14)19-13-9-11-7-8-12(10-13)17(11)2/h4-6,11-13H,3,7-10H2,1-2H3. The van der Waals surface area contributed by atoms with E-state index in [9.17, 15) is 0 Å². The summed E-state index contributed by atoms with van der Waals surface area (Å²) in [7, 11) is 2.24. The summed E-state index contributed by atoms with van der Waals surface area (Å²) in [6, 6.07) is 7.12. The first kappa shape index (κ1) is 12.7. The molecular weight excluding hydrogens is 240 g/mol. The second-order valence-electron chi connectivity index (χ2n) is 5.51.